The van der Waals surface area contributed by atoms with Gasteiger partial charge in [-0.05, 0) is 6.92 Å². The minimum absolute atomic E-state index is 0.0572. The van der Waals surface area contributed by atoms with Gasteiger partial charge in [0.05, 0.1) is 25.9 Å². The zero-order valence-electron chi connectivity index (χ0n) is 23.2. The van der Waals surface area contributed by atoms with Crippen molar-refractivity contribution in [3.05, 3.63) is 27.8 Å². The van der Waals surface area contributed by atoms with E-state index in [0.29, 0.717) is 17.0 Å². The Morgan fingerprint density at radius 1 is 0.848 bits per heavy atom. The monoisotopic (exact) mass is 721 g/mol. The molecule has 0 spiro atoms. The van der Waals surface area contributed by atoms with Crippen molar-refractivity contribution >= 4 is 68.4 Å². The lowest BCUT2D eigenvalue weighted by molar-refractivity contribution is -0.0664. The fourth-order valence-electron chi connectivity index (χ4n) is 5.52. The molecule has 4 aromatic rings. The molecule has 46 heavy (non-hydrogen) atoms. The van der Waals surface area contributed by atoms with Gasteiger partial charge >= 0.3 is 15.6 Å². The summed E-state index contributed by atoms with van der Waals surface area (Å²) in [4.78, 5) is 43.4. The van der Waals surface area contributed by atoms with Gasteiger partial charge in [-0.3, -0.25) is 27.2 Å². The first-order chi connectivity index (χ1) is 21.7. The molecule has 25 heteroatoms. The SMILES string of the molecule is Cc1nc(=S)c2ncn([C@@H]3O[C@@H]4COP(=O)(O)O[C@@H]5C(O)[C@H](n6cnc7c(=S)nc(N)[nH]c76)O[C@@H]5COP(=O)(O)OC4[C@@H]3O)c2[nH]1. The second-order valence-corrected chi connectivity index (χ2v) is 14.1. The first-order valence-corrected chi connectivity index (χ1v) is 17.2. The number of fused-ring (bicyclic) bond motifs is 4. The predicted octanol–water partition coefficient (Wildman–Crippen LogP) is 0.417. The van der Waals surface area contributed by atoms with Crippen LogP contribution >= 0.6 is 40.1 Å². The molecule has 0 radical (unpaired) electrons. The molecule has 3 aliphatic rings. The van der Waals surface area contributed by atoms with Gasteiger partial charge in [-0.2, -0.15) is 0 Å². The number of nitrogens with one attached hydrogen (secondary N) is 2. The summed E-state index contributed by atoms with van der Waals surface area (Å²) in [6, 6.07) is 0. The van der Waals surface area contributed by atoms with Crippen molar-refractivity contribution in [1.82, 2.24) is 39.0 Å². The third-order valence-corrected chi connectivity index (χ3v) is 10.1. The Kier molecular flexibility index (Phi) is 8.01. The number of aromatic amines is 2. The summed E-state index contributed by atoms with van der Waals surface area (Å²) in [7, 11) is -10.0. The standard InChI is InChI=1S/C21H25N9O12P2S2/c1-6-25-15-9(17(45)26-6)23-4-29(15)19-11(31)13-7(39-19)2-37-44(35,36)42-14-8(3-38-43(33,34)41-13)40-20(12(14)32)30-5-24-10-16(30)27-21(22)28-18(10)46/h4-5,7-8,11-14,19-20,31-32H,2-3H2,1H3,(H,33,34)(H,35,36)(H,25,26,45)(H3,22,27,28,46)/t7-,8-,11+,12?,13?,14+,19-,20-/m1/s1. The van der Waals surface area contributed by atoms with Crippen molar-refractivity contribution in [3.63, 3.8) is 0 Å². The van der Waals surface area contributed by atoms with Gasteiger partial charge in [0.2, 0.25) is 0 Å². The normalized spacial score (nSPS) is 37.2. The van der Waals surface area contributed by atoms with Crippen molar-refractivity contribution in [1.29, 1.82) is 0 Å². The number of anilines is 1. The number of ether oxygens (including phenoxy) is 2. The van der Waals surface area contributed by atoms with Gasteiger partial charge in [0.25, 0.3) is 0 Å². The number of phosphoric acid groups is 2. The van der Waals surface area contributed by atoms with Crippen LogP contribution in [0.25, 0.3) is 22.3 Å². The molecule has 0 aliphatic carbocycles. The van der Waals surface area contributed by atoms with Crippen LogP contribution < -0.4 is 5.73 Å². The molecular weight excluding hydrogens is 696 g/mol. The smallest absolute Gasteiger partial charge is 0.386 e. The molecule has 248 valence electrons. The van der Waals surface area contributed by atoms with E-state index in [1.165, 1.54) is 21.8 Å². The number of nitrogens with zero attached hydrogens (tertiary/aromatic N) is 6. The second kappa shape index (κ2) is 11.5. The van der Waals surface area contributed by atoms with Crippen LogP contribution in [-0.2, 0) is 36.7 Å². The maximum Gasteiger partial charge on any atom is 0.472 e. The number of aryl methyl sites for hydroxylation is 1. The Morgan fingerprint density at radius 3 is 1.80 bits per heavy atom. The first-order valence-electron chi connectivity index (χ1n) is 13.4. The highest BCUT2D eigenvalue weighted by molar-refractivity contribution is 7.71. The number of nitrogens with two attached hydrogens (primary N) is 1. The number of H-pyrrole nitrogens is 2. The van der Waals surface area contributed by atoms with Crippen molar-refractivity contribution in [2.45, 2.75) is 56.0 Å². The van der Waals surface area contributed by atoms with Crippen LogP contribution in [0.5, 0.6) is 0 Å². The molecule has 3 fully saturated rings. The van der Waals surface area contributed by atoms with E-state index in [-0.39, 0.29) is 26.4 Å². The van der Waals surface area contributed by atoms with Crippen molar-refractivity contribution in [2.75, 3.05) is 18.9 Å². The molecule has 10 atom stereocenters. The molecule has 4 unspecified atom stereocenters. The van der Waals surface area contributed by atoms with Gasteiger partial charge in [0.1, 0.15) is 64.8 Å². The maximum absolute atomic E-state index is 13.2. The second-order valence-electron chi connectivity index (χ2n) is 10.5. The molecular formula is C21H25N9O12P2S2. The number of aliphatic hydroxyl groups is 2. The average Bonchev–Trinajstić information content (AvgIpc) is 3.72. The van der Waals surface area contributed by atoms with E-state index in [1.807, 2.05) is 0 Å². The van der Waals surface area contributed by atoms with E-state index >= 15 is 0 Å². The highest BCUT2D eigenvalue weighted by atomic mass is 32.1. The molecule has 7 rings (SSSR count). The Balaban J connectivity index is 1.18. The fourth-order valence-corrected chi connectivity index (χ4v) is 7.98. The van der Waals surface area contributed by atoms with Crippen LogP contribution in [0.2, 0.25) is 0 Å². The molecule has 8 N–H and O–H groups in total. The van der Waals surface area contributed by atoms with E-state index in [4.69, 9.17) is 57.7 Å². The van der Waals surface area contributed by atoms with Crippen molar-refractivity contribution < 1.29 is 56.7 Å². The molecule has 0 amide bonds. The molecule has 21 nitrogen and oxygen atoms in total. The third-order valence-electron chi connectivity index (χ3n) is 7.51. The number of nitrogen functional groups attached to an aromatic ring is 1. The topological polar surface area (TPSA) is 289 Å². The number of aromatic nitrogens is 8. The van der Waals surface area contributed by atoms with Crippen LogP contribution in [0.1, 0.15) is 18.3 Å². The van der Waals surface area contributed by atoms with Crippen LogP contribution in [-0.4, -0.2) is 109 Å². The van der Waals surface area contributed by atoms with E-state index in [1.54, 1.807) is 6.92 Å². The Morgan fingerprint density at radius 2 is 1.30 bits per heavy atom. The molecule has 4 aromatic heterocycles. The summed E-state index contributed by atoms with van der Waals surface area (Å²) in [5.74, 6) is 0.380. The Hall–Kier alpha value is -2.60. The van der Waals surface area contributed by atoms with Gasteiger partial charge in [-0.15, -0.1) is 0 Å². The van der Waals surface area contributed by atoms with Gasteiger partial charge < -0.3 is 45.2 Å². The average molecular weight is 722 g/mol. The van der Waals surface area contributed by atoms with E-state index in [0.717, 1.165) is 0 Å². The largest absolute Gasteiger partial charge is 0.472 e. The highest BCUT2D eigenvalue weighted by Gasteiger charge is 2.54. The van der Waals surface area contributed by atoms with E-state index in [9.17, 15) is 29.1 Å². The summed E-state index contributed by atoms with van der Waals surface area (Å²) in [5, 5.41) is 22.4. The van der Waals surface area contributed by atoms with Crippen molar-refractivity contribution in [2.24, 2.45) is 0 Å². The van der Waals surface area contributed by atoms with Crippen LogP contribution in [0.15, 0.2) is 12.7 Å². The molecule has 0 aromatic carbocycles. The Labute approximate surface area is 266 Å². The number of aliphatic hydroxyl groups excluding tert-OH is 2. The fraction of sp³-hybridized carbons (Fsp3) is 0.524. The number of imidazole rings is 2. The number of hydrogen-bond donors (Lipinski definition) is 7. The molecule has 3 saturated heterocycles. The summed E-state index contributed by atoms with van der Waals surface area (Å²) in [5.41, 5.74) is 6.80. The quantitative estimate of drug-likeness (QED) is 0.109. The maximum atomic E-state index is 13.2. The first kappa shape index (κ1) is 32.0. The van der Waals surface area contributed by atoms with Crippen molar-refractivity contribution in [3.8, 4) is 0 Å². The minimum Gasteiger partial charge on any atom is -0.386 e. The lowest BCUT2D eigenvalue weighted by Gasteiger charge is -2.27. The van der Waals surface area contributed by atoms with Gasteiger partial charge in [-0.25, -0.2) is 29.1 Å². The lowest BCUT2D eigenvalue weighted by atomic mass is 10.1. The van der Waals surface area contributed by atoms with Crippen LogP contribution in [0.3, 0.4) is 0 Å². The third kappa shape index (κ3) is 5.65. The highest BCUT2D eigenvalue weighted by Crippen LogP contribution is 2.53. The van der Waals surface area contributed by atoms with E-state index in [2.05, 4.69) is 29.9 Å². The summed E-state index contributed by atoms with van der Waals surface area (Å²) < 4.78 is 62.0. The molecule has 7 heterocycles. The van der Waals surface area contributed by atoms with Gasteiger partial charge in [0.15, 0.2) is 27.7 Å². The van der Waals surface area contributed by atoms with Gasteiger partial charge in [-0.1, -0.05) is 24.4 Å². The zero-order valence-corrected chi connectivity index (χ0v) is 26.6. The molecule has 3 aliphatic heterocycles. The summed E-state index contributed by atoms with van der Waals surface area (Å²) in [6.45, 7) is 0.0895. The van der Waals surface area contributed by atoms with Crippen LogP contribution in [0.4, 0.5) is 5.95 Å². The number of hydrogen-bond acceptors (Lipinski definition) is 17. The molecule has 0 bridgehead atoms. The number of rotatable bonds is 2. The zero-order chi connectivity index (χ0) is 32.7. The lowest BCUT2D eigenvalue weighted by Crippen LogP contribution is -2.39. The summed E-state index contributed by atoms with van der Waals surface area (Å²) in [6.07, 6.45) is -9.55. The van der Waals surface area contributed by atoms with E-state index < -0.39 is 77.9 Å². The number of phosphoric ester groups is 2. The predicted molar refractivity (Wildman–Crippen MR) is 156 cm³/mol. The van der Waals surface area contributed by atoms with Gasteiger partial charge in [0, 0.05) is 0 Å². The van der Waals surface area contributed by atoms with Crippen LogP contribution in [0, 0.1) is 16.2 Å². The minimum atomic E-state index is -5.02. The summed E-state index contributed by atoms with van der Waals surface area (Å²) >= 11 is 10.4. The molecule has 0 saturated carbocycles. The Bertz CT molecular complexity index is 1910.